The summed E-state index contributed by atoms with van der Waals surface area (Å²) in [6.07, 6.45) is 0.795. The van der Waals surface area contributed by atoms with Gasteiger partial charge in [-0.15, -0.1) is 11.3 Å². The summed E-state index contributed by atoms with van der Waals surface area (Å²) in [5, 5.41) is 4.63. The fourth-order valence-electron chi connectivity index (χ4n) is 2.98. The summed E-state index contributed by atoms with van der Waals surface area (Å²) in [6, 6.07) is 14.7. The maximum absolute atomic E-state index is 13.5. The second kappa shape index (κ2) is 10.2. The number of rotatable bonds is 8. The Labute approximate surface area is 195 Å². The van der Waals surface area contributed by atoms with Crippen LogP contribution in [0.4, 0.5) is 11.4 Å². The molecule has 0 bridgehead atoms. The van der Waals surface area contributed by atoms with Crippen molar-refractivity contribution in [2.45, 2.75) is 18.2 Å². The van der Waals surface area contributed by atoms with Crippen LogP contribution in [0.25, 0.3) is 0 Å². The number of nitrogens with zero attached hydrogens (tertiary/aromatic N) is 1. The third kappa shape index (κ3) is 5.29. The number of hydrogen-bond acceptors (Lipinski definition) is 6. The zero-order valence-electron chi connectivity index (χ0n) is 17.4. The predicted octanol–water partition coefficient (Wildman–Crippen LogP) is 4.58. The molecule has 0 aliphatic heterocycles. The highest BCUT2D eigenvalue weighted by molar-refractivity contribution is 7.93. The number of halogens is 1. The fraction of sp³-hybridized carbons (Fsp3) is 0.182. The van der Waals surface area contributed by atoms with Crippen molar-refractivity contribution in [3.8, 4) is 0 Å². The Bertz CT molecular complexity index is 1220. The number of hydrogen-bond donors (Lipinski definition) is 1. The highest BCUT2D eigenvalue weighted by Crippen LogP contribution is 2.30. The molecule has 7 nitrogen and oxygen atoms in total. The van der Waals surface area contributed by atoms with Crippen LogP contribution in [0.2, 0.25) is 5.02 Å². The molecule has 0 saturated carbocycles. The Hall–Kier alpha value is -2.88. The lowest BCUT2D eigenvalue weighted by Gasteiger charge is -2.24. The third-order valence-corrected chi connectivity index (χ3v) is 7.68. The van der Waals surface area contributed by atoms with Gasteiger partial charge < -0.3 is 10.1 Å². The Balaban J connectivity index is 1.97. The normalized spacial score (nSPS) is 11.1. The third-order valence-electron chi connectivity index (χ3n) is 4.59. The van der Waals surface area contributed by atoms with Crippen molar-refractivity contribution in [3.05, 3.63) is 75.4 Å². The van der Waals surface area contributed by atoms with Gasteiger partial charge in [-0.3, -0.25) is 9.10 Å². The number of esters is 1. The lowest BCUT2D eigenvalue weighted by Crippen LogP contribution is -2.38. The molecule has 2 aromatic carbocycles. The van der Waals surface area contributed by atoms with E-state index in [2.05, 4.69) is 5.32 Å². The number of benzene rings is 2. The van der Waals surface area contributed by atoms with Crippen LogP contribution in [0.1, 0.15) is 22.2 Å². The molecule has 1 aromatic heterocycles. The minimum absolute atomic E-state index is 0.0671. The molecular weight excluding hydrogens is 472 g/mol. The molecule has 3 aromatic rings. The topological polar surface area (TPSA) is 92.8 Å². The molecule has 0 spiro atoms. The molecule has 0 radical (unpaired) electrons. The van der Waals surface area contributed by atoms with E-state index in [9.17, 15) is 18.0 Å². The number of ether oxygens (including phenoxy) is 1. The van der Waals surface area contributed by atoms with E-state index in [1.165, 1.54) is 42.8 Å². The van der Waals surface area contributed by atoms with Gasteiger partial charge in [0.2, 0.25) is 5.91 Å². The summed E-state index contributed by atoms with van der Waals surface area (Å²) in [4.78, 5) is 24.6. The second-order valence-electron chi connectivity index (χ2n) is 6.70. The maximum atomic E-state index is 13.5. The monoisotopic (exact) mass is 492 g/mol. The molecule has 0 unspecified atom stereocenters. The molecule has 0 atom stereocenters. The number of methoxy groups -OCH3 is 1. The van der Waals surface area contributed by atoms with Gasteiger partial charge in [-0.1, -0.05) is 30.7 Å². The molecule has 3 rings (SSSR count). The number of carbonyl (C=O) groups excluding carboxylic acids is 2. The summed E-state index contributed by atoms with van der Waals surface area (Å²) >= 11 is 6.90. The smallest absolute Gasteiger partial charge is 0.349 e. The molecular formula is C22H21ClN2O5S2. The molecule has 0 saturated heterocycles. The molecule has 0 fully saturated rings. The van der Waals surface area contributed by atoms with E-state index >= 15 is 0 Å². The van der Waals surface area contributed by atoms with Crippen molar-refractivity contribution in [2.75, 3.05) is 23.3 Å². The average Bonchev–Trinajstić information content (AvgIpc) is 3.29. The predicted molar refractivity (Wildman–Crippen MR) is 126 cm³/mol. The standard InChI is InChI=1S/C22H21ClN2O5S2/c1-3-15-5-4-6-17(13-15)24-20(26)14-25(18-9-7-16(23)8-10-18)32(28,29)19-11-12-31-21(19)22(27)30-2/h4-13H,3,14H2,1-2H3,(H,24,26). The SMILES string of the molecule is CCc1cccc(NC(=O)CN(c2ccc(Cl)cc2)S(=O)(=O)c2ccsc2C(=O)OC)c1. The molecule has 32 heavy (non-hydrogen) atoms. The first-order chi connectivity index (χ1) is 15.3. The van der Waals surface area contributed by atoms with E-state index in [0.29, 0.717) is 10.7 Å². The summed E-state index contributed by atoms with van der Waals surface area (Å²) in [7, 11) is -3.10. The summed E-state index contributed by atoms with van der Waals surface area (Å²) in [5.41, 5.74) is 1.83. The van der Waals surface area contributed by atoms with Gasteiger partial charge in [0.25, 0.3) is 10.0 Å². The van der Waals surface area contributed by atoms with Crippen LogP contribution in [0.5, 0.6) is 0 Å². The van der Waals surface area contributed by atoms with Gasteiger partial charge >= 0.3 is 5.97 Å². The number of anilines is 2. The molecule has 168 valence electrons. The fourth-order valence-corrected chi connectivity index (χ4v) is 5.84. The molecule has 1 N–H and O–H groups in total. The lowest BCUT2D eigenvalue weighted by molar-refractivity contribution is -0.114. The lowest BCUT2D eigenvalue weighted by atomic mass is 10.1. The number of sulfonamides is 1. The molecule has 0 aliphatic carbocycles. The first kappa shape index (κ1) is 23.8. The van der Waals surface area contributed by atoms with Crippen LogP contribution in [0, 0.1) is 0 Å². The summed E-state index contributed by atoms with van der Waals surface area (Å²) in [5.74, 6) is -1.30. The van der Waals surface area contributed by atoms with Gasteiger partial charge in [-0.05, 0) is 59.8 Å². The molecule has 0 aliphatic rings. The summed E-state index contributed by atoms with van der Waals surface area (Å²) < 4.78 is 32.7. The quantitative estimate of drug-likeness (QED) is 0.464. The van der Waals surface area contributed by atoms with E-state index in [1.807, 2.05) is 25.1 Å². The number of carbonyl (C=O) groups is 2. The van der Waals surface area contributed by atoms with E-state index in [4.69, 9.17) is 16.3 Å². The molecule has 1 heterocycles. The highest BCUT2D eigenvalue weighted by atomic mass is 35.5. The number of amides is 1. The van der Waals surface area contributed by atoms with Crippen LogP contribution in [-0.4, -0.2) is 33.9 Å². The van der Waals surface area contributed by atoms with Crippen LogP contribution < -0.4 is 9.62 Å². The highest BCUT2D eigenvalue weighted by Gasteiger charge is 2.32. The Kier molecular flexibility index (Phi) is 7.55. The maximum Gasteiger partial charge on any atom is 0.349 e. The number of thiophene rings is 1. The zero-order chi connectivity index (χ0) is 23.3. The molecule has 10 heteroatoms. The van der Waals surface area contributed by atoms with Gasteiger partial charge in [0, 0.05) is 10.7 Å². The largest absolute Gasteiger partial charge is 0.465 e. The minimum atomic E-state index is -4.27. The Morgan fingerprint density at radius 1 is 1.12 bits per heavy atom. The second-order valence-corrected chi connectivity index (χ2v) is 9.88. The summed E-state index contributed by atoms with van der Waals surface area (Å²) in [6.45, 7) is 1.49. The minimum Gasteiger partial charge on any atom is -0.465 e. The van der Waals surface area contributed by atoms with Gasteiger partial charge in [0.15, 0.2) is 0 Å². The van der Waals surface area contributed by atoms with Crippen molar-refractivity contribution in [1.82, 2.24) is 0 Å². The Morgan fingerprint density at radius 2 is 1.84 bits per heavy atom. The van der Waals surface area contributed by atoms with E-state index in [0.717, 1.165) is 27.6 Å². The van der Waals surface area contributed by atoms with E-state index < -0.39 is 28.4 Å². The Morgan fingerprint density at radius 3 is 2.50 bits per heavy atom. The first-order valence-corrected chi connectivity index (χ1v) is 12.3. The van der Waals surface area contributed by atoms with Crippen molar-refractivity contribution in [2.24, 2.45) is 0 Å². The van der Waals surface area contributed by atoms with Gasteiger partial charge in [0.05, 0.1) is 12.8 Å². The number of aryl methyl sites for hydroxylation is 1. The van der Waals surface area contributed by atoms with Crippen molar-refractivity contribution in [3.63, 3.8) is 0 Å². The number of nitrogens with one attached hydrogen (secondary N) is 1. The van der Waals surface area contributed by atoms with E-state index in [1.54, 1.807) is 6.07 Å². The van der Waals surface area contributed by atoms with Gasteiger partial charge in [-0.2, -0.15) is 0 Å². The van der Waals surface area contributed by atoms with Crippen molar-refractivity contribution >= 4 is 56.2 Å². The van der Waals surface area contributed by atoms with Gasteiger partial charge in [-0.25, -0.2) is 13.2 Å². The van der Waals surface area contributed by atoms with Crippen molar-refractivity contribution in [1.29, 1.82) is 0 Å². The zero-order valence-corrected chi connectivity index (χ0v) is 19.8. The molecule has 1 amide bonds. The van der Waals surface area contributed by atoms with Gasteiger partial charge in [0.1, 0.15) is 16.3 Å². The van der Waals surface area contributed by atoms with Crippen LogP contribution in [0.15, 0.2) is 64.9 Å². The average molecular weight is 493 g/mol. The van der Waals surface area contributed by atoms with Crippen molar-refractivity contribution < 1.29 is 22.7 Å². The van der Waals surface area contributed by atoms with Crippen LogP contribution in [0.3, 0.4) is 0 Å². The van der Waals surface area contributed by atoms with Crippen LogP contribution in [-0.2, 0) is 26.0 Å². The first-order valence-electron chi connectivity index (χ1n) is 9.59. The van der Waals surface area contributed by atoms with Crippen LogP contribution >= 0.6 is 22.9 Å². The van der Waals surface area contributed by atoms with E-state index in [-0.39, 0.29) is 15.5 Å².